The van der Waals surface area contributed by atoms with E-state index in [1.165, 1.54) is 0 Å². The smallest absolute Gasteiger partial charge is 0.400 e. The summed E-state index contributed by atoms with van der Waals surface area (Å²) in [7, 11) is 1.00. The summed E-state index contributed by atoms with van der Waals surface area (Å²) in [4.78, 5) is 0. The molecule has 1 heteroatoms. The Labute approximate surface area is 28.1 Å². The van der Waals surface area contributed by atoms with Crippen LogP contribution in [0.4, 0.5) is 0 Å². The lowest BCUT2D eigenvalue weighted by Crippen LogP contribution is -1.25. The van der Waals surface area contributed by atoms with E-state index < -0.39 is 0 Å². The highest BCUT2D eigenvalue weighted by Gasteiger charge is 0.839. The molecule has 0 rings (SSSR count). The molecule has 0 aliphatic carbocycles. The summed E-state index contributed by atoms with van der Waals surface area (Å²) in [6.07, 6.45) is 0. The second kappa shape index (κ2) is 86.7. The van der Waals surface area contributed by atoms with Crippen LogP contribution in [-0.2, 0) is 0 Å². The van der Waals surface area contributed by atoms with Gasteiger partial charge in [0.1, 0.15) is 0 Å². The first-order valence-electron chi connectivity index (χ1n) is 0.947. The van der Waals surface area contributed by atoms with Gasteiger partial charge in [0.2, 0.25) is 0 Å². The van der Waals surface area contributed by atoms with Crippen molar-refractivity contribution in [1.29, 1.82) is 0 Å². The Morgan fingerprint density at radius 1 is 1.50 bits per heavy atom. The lowest BCUT2D eigenvalue weighted by molar-refractivity contribution is 0.399. The first-order chi connectivity index (χ1) is 2.00. The van der Waals surface area contributed by atoms with Gasteiger partial charge < -0.3 is 5.11 Å². The number of aliphatic hydroxyl groups is 1. The van der Waals surface area contributed by atoms with Crippen LogP contribution in [0.3, 0.4) is 0 Å². The summed E-state index contributed by atoms with van der Waals surface area (Å²) >= 11 is 0. The molecule has 0 bridgehead atoms. The molecule has 0 unspecified atom stereocenters. The second-order valence-electron chi connectivity index (χ2n) is 0. The highest BCUT2D eigenvalue weighted by atomic mass is 16.2. The van der Waals surface area contributed by atoms with Gasteiger partial charge in [-0.25, -0.2) is 0 Å². The fraction of sp³-hybridized carbons (Fsp3) is 0.333. The minimum Gasteiger partial charge on any atom is -0.400 e. The van der Waals surface area contributed by atoms with Crippen molar-refractivity contribution in [2.45, 2.75) is 0 Å². The van der Waals surface area contributed by atoms with E-state index in [9.17, 15) is 0 Å². The minimum atomic E-state index is 0. The zero-order valence-electron chi connectivity index (χ0n) is 3.86. The van der Waals surface area contributed by atoms with Crippen molar-refractivity contribution in [3.05, 3.63) is 13.2 Å². The Morgan fingerprint density at radius 3 is 1.50 bits per heavy atom. The quantitative estimate of drug-likeness (QED) is 0.405. The molecule has 0 saturated heterocycles. The van der Waals surface area contributed by atoms with Crippen molar-refractivity contribution in [3.63, 3.8) is 0 Å². The van der Waals surface area contributed by atoms with Crippen molar-refractivity contribution >= 4 is 0 Å². The van der Waals surface area contributed by atoms with Gasteiger partial charge in [0.05, 0.1) is 0 Å². The summed E-state index contributed by atoms with van der Waals surface area (Å²) in [6.45, 7) is 6.00. The summed E-state index contributed by atoms with van der Waals surface area (Å²) in [5.74, 6) is 0. The lowest BCUT2D eigenvalue weighted by atomic mass is 11.3. The fourth-order valence-corrected chi connectivity index (χ4v) is 0. The van der Waals surface area contributed by atoms with E-state index in [1.807, 2.05) is 0 Å². The van der Waals surface area contributed by atoms with Crippen LogP contribution in [0.5, 0.6) is 0 Å². The van der Waals surface area contributed by atoms with E-state index in [-0.39, 0.29) is 1.43 Å². The molecule has 0 radical (unpaired) electrons. The Morgan fingerprint density at radius 2 is 1.50 bits per heavy atom. The predicted molar refractivity (Wildman–Crippen MR) is 20.5 cm³/mol. The average molecular weight is 61.1 g/mol. The van der Waals surface area contributed by atoms with E-state index in [0.717, 1.165) is 7.11 Å². The molecule has 26 valence electrons. The summed E-state index contributed by atoms with van der Waals surface area (Å²) in [6, 6.07) is 0. The van der Waals surface area contributed by atoms with Crippen LogP contribution >= 0.6 is 0 Å². The van der Waals surface area contributed by atoms with Crippen molar-refractivity contribution in [2.75, 3.05) is 7.11 Å². The van der Waals surface area contributed by atoms with Crippen LogP contribution < -0.4 is 0 Å². The molecular weight excluding hydrogens is 52.0 g/mol. The molecule has 0 heterocycles. The zero-order valence-corrected chi connectivity index (χ0v) is 2.86. The molecule has 0 spiro atoms. The largest absolute Gasteiger partial charge is 1.00 e. The Kier molecular flexibility index (Phi) is 202. The number of aliphatic hydroxyl groups excluding tert-OH is 1. The van der Waals surface area contributed by atoms with Gasteiger partial charge in [-0.1, -0.05) is 0 Å². The standard InChI is InChI=1S/C2H4.CH4O/c2*1-2/h1-2H2;2H,1H3/p+1. The van der Waals surface area contributed by atoms with Crippen LogP contribution in [-0.4, -0.2) is 12.2 Å². The molecule has 0 aromatic carbocycles. The molecule has 0 aromatic rings. The monoisotopic (exact) mass is 61.1 g/mol. The van der Waals surface area contributed by atoms with Gasteiger partial charge in [0.25, 0.3) is 0 Å². The molecule has 0 aliphatic heterocycles. The van der Waals surface area contributed by atoms with Crippen LogP contribution in [0.1, 0.15) is 1.43 Å². The molecule has 1 nitrogen and oxygen atoms in total. The van der Waals surface area contributed by atoms with Gasteiger partial charge in [0, 0.05) is 7.11 Å². The molecular formula is C3H9O+. The van der Waals surface area contributed by atoms with Crippen LogP contribution in [0, 0.1) is 0 Å². The first-order valence-corrected chi connectivity index (χ1v) is 0.947. The molecule has 0 atom stereocenters. The molecule has 1 N–H and O–H groups in total. The number of rotatable bonds is 0. The van der Waals surface area contributed by atoms with Gasteiger partial charge in [0.15, 0.2) is 0 Å². The fourth-order valence-electron chi connectivity index (χ4n) is 0. The van der Waals surface area contributed by atoms with Crippen molar-refractivity contribution in [1.82, 2.24) is 0 Å². The van der Waals surface area contributed by atoms with E-state index in [1.54, 1.807) is 0 Å². The third-order valence-corrected chi connectivity index (χ3v) is 0. The van der Waals surface area contributed by atoms with Gasteiger partial charge in [-0.3, -0.25) is 0 Å². The SMILES string of the molecule is C=C.CO.[H+]. The van der Waals surface area contributed by atoms with Crippen LogP contribution in [0.15, 0.2) is 13.2 Å². The highest BCUT2D eigenvalue weighted by Crippen LogP contribution is 0.862. The Hall–Kier alpha value is -0.300. The van der Waals surface area contributed by atoms with Gasteiger partial charge >= 0.3 is 1.43 Å². The van der Waals surface area contributed by atoms with Crippen LogP contribution in [0.25, 0.3) is 0 Å². The molecule has 0 saturated carbocycles. The second-order valence-corrected chi connectivity index (χ2v) is 0. The first kappa shape index (κ1) is 9.33. The molecule has 0 fully saturated rings. The third-order valence-electron chi connectivity index (χ3n) is 0. The average Bonchev–Trinajstić information content (AvgIpc) is 1.50. The van der Waals surface area contributed by atoms with Crippen LogP contribution in [0.2, 0.25) is 0 Å². The Balaban J connectivity index is -0.0000000133. The number of hydrogen-bond donors (Lipinski definition) is 1. The summed E-state index contributed by atoms with van der Waals surface area (Å²) in [5.41, 5.74) is 0. The highest BCUT2D eigenvalue weighted by molar-refractivity contribution is 4.22. The van der Waals surface area contributed by atoms with Gasteiger partial charge in [-0.05, 0) is 0 Å². The minimum absolute atomic E-state index is 0. The van der Waals surface area contributed by atoms with Gasteiger partial charge in [-0.2, -0.15) is 0 Å². The molecule has 0 aliphatic rings. The maximum absolute atomic E-state index is 7.00. The lowest BCUT2D eigenvalue weighted by Gasteiger charge is -1.21. The normalized spacial score (nSPS) is 2.50. The topological polar surface area (TPSA) is 20.2 Å². The van der Waals surface area contributed by atoms with E-state index in [4.69, 9.17) is 5.11 Å². The molecule has 0 amide bonds. The summed E-state index contributed by atoms with van der Waals surface area (Å²) in [5, 5.41) is 7.00. The maximum atomic E-state index is 7.00. The zero-order chi connectivity index (χ0) is 4.00. The molecule has 4 heavy (non-hydrogen) atoms. The van der Waals surface area contributed by atoms with E-state index in [0.29, 0.717) is 0 Å². The predicted octanol–water partition coefficient (Wildman–Crippen LogP) is 0.523. The Bertz CT molecular complexity index is 6.85. The molecule has 0 aromatic heterocycles. The van der Waals surface area contributed by atoms with E-state index in [2.05, 4.69) is 13.2 Å². The van der Waals surface area contributed by atoms with Gasteiger partial charge in [-0.15, -0.1) is 13.2 Å². The van der Waals surface area contributed by atoms with Crippen molar-refractivity contribution in [2.24, 2.45) is 0 Å². The number of hydrogen-bond acceptors (Lipinski definition) is 1. The van der Waals surface area contributed by atoms with E-state index >= 15 is 0 Å². The van der Waals surface area contributed by atoms with Crippen molar-refractivity contribution in [3.8, 4) is 0 Å². The van der Waals surface area contributed by atoms with Crippen molar-refractivity contribution < 1.29 is 6.53 Å². The maximum Gasteiger partial charge on any atom is 1.00 e. The third kappa shape index (κ3) is 9.26. The summed E-state index contributed by atoms with van der Waals surface area (Å²) < 4.78 is 0.